The molecule has 0 saturated carbocycles. The van der Waals surface area contributed by atoms with E-state index in [1.807, 2.05) is 0 Å². The third-order valence-corrected chi connectivity index (χ3v) is 14.0. The van der Waals surface area contributed by atoms with Gasteiger partial charge in [-0.05, 0) is 111 Å². The Hall–Kier alpha value is -8.40. The highest BCUT2D eigenvalue weighted by atomic mass is 15.0. The van der Waals surface area contributed by atoms with Crippen molar-refractivity contribution in [3.63, 3.8) is 0 Å². The lowest BCUT2D eigenvalue weighted by Gasteiger charge is -2.19. The molecule has 0 atom stereocenters. The van der Waals surface area contributed by atoms with Gasteiger partial charge in [0.2, 0.25) is 0 Å². The molecule has 3 aromatic heterocycles. The Bertz CT molecular complexity index is 4130. The summed E-state index contributed by atoms with van der Waals surface area (Å²) in [7, 11) is 0. The van der Waals surface area contributed by atoms with Crippen LogP contribution in [0.25, 0.3) is 126 Å². The molecule has 3 heterocycles. The van der Waals surface area contributed by atoms with Crippen molar-refractivity contribution in [1.29, 1.82) is 0 Å². The van der Waals surface area contributed by atoms with Gasteiger partial charge >= 0.3 is 0 Å². The average molecular weight is 828 g/mol. The molecule has 3 nitrogen and oxygen atoms in total. The van der Waals surface area contributed by atoms with E-state index in [2.05, 4.69) is 238 Å². The fourth-order valence-corrected chi connectivity index (χ4v) is 11.5. The lowest BCUT2D eigenvalue weighted by atomic mass is 9.85. The molecule has 0 aliphatic heterocycles. The molecule has 0 amide bonds. The SMILES string of the molecule is C1=CCCC(n2c3cc4c(-c5ccccc5)c5ccccc5c(-c5ccccc5)c4cc3c3c2c2c4ccccc4n(-c4ccccc4)c2c2c4ccccc4n(-c4ccccc4)c32)=C1. The van der Waals surface area contributed by atoms with Gasteiger partial charge in [0, 0.05) is 49.4 Å². The van der Waals surface area contributed by atoms with E-state index in [-0.39, 0.29) is 0 Å². The van der Waals surface area contributed by atoms with Crippen LogP contribution in [0.3, 0.4) is 0 Å². The van der Waals surface area contributed by atoms with Crippen LogP contribution in [-0.2, 0) is 0 Å². The molecule has 0 unspecified atom stereocenters. The Morgan fingerprint density at radius 2 is 0.738 bits per heavy atom. The lowest BCUT2D eigenvalue weighted by molar-refractivity contribution is 0.981. The fourth-order valence-electron chi connectivity index (χ4n) is 11.5. The van der Waals surface area contributed by atoms with Gasteiger partial charge in [0.1, 0.15) is 0 Å². The summed E-state index contributed by atoms with van der Waals surface area (Å²) in [5.41, 5.74) is 15.9. The molecule has 0 radical (unpaired) electrons. The zero-order valence-electron chi connectivity index (χ0n) is 35.6. The Morgan fingerprint density at radius 1 is 0.323 bits per heavy atom. The molecule has 0 N–H and O–H groups in total. The number of hydrogen-bond donors (Lipinski definition) is 0. The Labute approximate surface area is 375 Å². The number of hydrogen-bond acceptors (Lipinski definition) is 0. The molecule has 304 valence electrons. The maximum Gasteiger partial charge on any atom is 0.0663 e. The van der Waals surface area contributed by atoms with E-state index >= 15 is 0 Å². The van der Waals surface area contributed by atoms with Gasteiger partial charge in [-0.15, -0.1) is 0 Å². The number of allylic oxidation sites excluding steroid dienone is 4. The summed E-state index contributed by atoms with van der Waals surface area (Å²) in [6.45, 7) is 0. The van der Waals surface area contributed by atoms with Crippen LogP contribution in [0.1, 0.15) is 12.8 Å². The minimum absolute atomic E-state index is 0.935. The highest BCUT2D eigenvalue weighted by Gasteiger charge is 2.30. The Morgan fingerprint density at radius 3 is 1.23 bits per heavy atom. The van der Waals surface area contributed by atoms with E-state index in [1.54, 1.807) is 0 Å². The second kappa shape index (κ2) is 14.1. The number of rotatable bonds is 5. The van der Waals surface area contributed by atoms with E-state index in [0.717, 1.165) is 24.2 Å². The van der Waals surface area contributed by atoms with Crippen molar-refractivity contribution in [3.05, 3.63) is 224 Å². The van der Waals surface area contributed by atoms with Gasteiger partial charge in [0.05, 0.1) is 33.1 Å². The third-order valence-electron chi connectivity index (χ3n) is 14.0. The Kier molecular flexibility index (Phi) is 7.81. The molecule has 1 aliphatic rings. The lowest BCUT2D eigenvalue weighted by Crippen LogP contribution is -2.00. The summed E-state index contributed by atoms with van der Waals surface area (Å²) in [4.78, 5) is 0. The second-order valence-corrected chi connectivity index (χ2v) is 17.4. The number of nitrogens with zero attached hydrogens (tertiary/aromatic N) is 3. The molecule has 13 aromatic rings. The first-order chi connectivity index (χ1) is 32.3. The highest BCUT2D eigenvalue weighted by molar-refractivity contribution is 6.41. The van der Waals surface area contributed by atoms with Gasteiger partial charge in [0.25, 0.3) is 0 Å². The van der Waals surface area contributed by atoms with Crippen LogP contribution in [0.4, 0.5) is 0 Å². The van der Waals surface area contributed by atoms with Crippen LogP contribution in [0.2, 0.25) is 0 Å². The van der Waals surface area contributed by atoms with Crippen LogP contribution in [0.5, 0.6) is 0 Å². The van der Waals surface area contributed by atoms with Crippen LogP contribution in [0, 0.1) is 0 Å². The molecule has 0 spiro atoms. The van der Waals surface area contributed by atoms with E-state index in [9.17, 15) is 0 Å². The topological polar surface area (TPSA) is 14.8 Å². The predicted octanol–water partition coefficient (Wildman–Crippen LogP) is 16.8. The zero-order chi connectivity index (χ0) is 42.6. The van der Waals surface area contributed by atoms with Crippen molar-refractivity contribution in [2.45, 2.75) is 12.8 Å². The number of aromatic nitrogens is 3. The zero-order valence-corrected chi connectivity index (χ0v) is 35.6. The quantitative estimate of drug-likeness (QED) is 0.154. The molecule has 10 aromatic carbocycles. The minimum atomic E-state index is 0.935. The monoisotopic (exact) mass is 827 g/mol. The maximum atomic E-state index is 2.66. The molecule has 14 rings (SSSR count). The van der Waals surface area contributed by atoms with Crippen molar-refractivity contribution >= 4 is 92.7 Å². The van der Waals surface area contributed by atoms with Crippen molar-refractivity contribution in [3.8, 4) is 33.6 Å². The molecule has 0 bridgehead atoms. The molecule has 0 fully saturated rings. The molecular weight excluding hydrogens is 787 g/mol. The van der Waals surface area contributed by atoms with Gasteiger partial charge in [-0.1, -0.05) is 170 Å². The number of benzene rings is 10. The molecule has 1 aliphatic carbocycles. The van der Waals surface area contributed by atoms with Crippen LogP contribution in [-0.4, -0.2) is 13.7 Å². The first-order valence-corrected chi connectivity index (χ1v) is 22.8. The van der Waals surface area contributed by atoms with Crippen LogP contribution in [0.15, 0.2) is 224 Å². The summed E-state index contributed by atoms with van der Waals surface area (Å²) in [5.74, 6) is 0. The first kappa shape index (κ1) is 36.1. The normalized spacial score (nSPS) is 13.1. The summed E-state index contributed by atoms with van der Waals surface area (Å²) < 4.78 is 7.75. The molecular formula is C62H41N3. The summed E-state index contributed by atoms with van der Waals surface area (Å²) in [5, 5.41) is 12.5. The maximum absolute atomic E-state index is 2.66. The smallest absolute Gasteiger partial charge is 0.0663 e. The predicted molar refractivity (Wildman–Crippen MR) is 277 cm³/mol. The second-order valence-electron chi connectivity index (χ2n) is 17.4. The summed E-state index contributed by atoms with van der Waals surface area (Å²) in [6.07, 6.45) is 8.85. The number of para-hydroxylation sites is 4. The van der Waals surface area contributed by atoms with E-state index < -0.39 is 0 Å². The average Bonchev–Trinajstić information content (AvgIpc) is 4.02. The van der Waals surface area contributed by atoms with Crippen molar-refractivity contribution < 1.29 is 0 Å². The third kappa shape index (κ3) is 5.12. The first-order valence-electron chi connectivity index (χ1n) is 22.8. The summed E-state index contributed by atoms with van der Waals surface area (Å²) in [6, 6.07) is 76.3. The van der Waals surface area contributed by atoms with E-state index in [0.29, 0.717) is 0 Å². The molecule has 3 heteroatoms. The number of fused-ring (bicyclic) bond motifs is 14. The molecule has 65 heavy (non-hydrogen) atoms. The Balaban J connectivity index is 1.34. The van der Waals surface area contributed by atoms with Gasteiger partial charge in [-0.3, -0.25) is 0 Å². The van der Waals surface area contributed by atoms with Gasteiger partial charge < -0.3 is 13.7 Å². The van der Waals surface area contributed by atoms with E-state index in [1.165, 1.54) is 115 Å². The van der Waals surface area contributed by atoms with Crippen LogP contribution < -0.4 is 0 Å². The van der Waals surface area contributed by atoms with Gasteiger partial charge in [-0.25, -0.2) is 0 Å². The van der Waals surface area contributed by atoms with Crippen molar-refractivity contribution in [1.82, 2.24) is 13.7 Å². The standard InChI is InChI=1S/C62H41N3/c1-6-22-40(23-7-1)55-45-32-16-17-33-46(45)56(41-24-8-2-9-25-41)50-39-54-51(38-49(50)55)59-61-57(47-34-18-21-37-53(47)64(61)43-28-12-4-13-29-43)60-58(62(59)65(54)44-30-14-5-15-31-44)48-35-19-20-36-52(48)63(60)42-26-10-3-11-27-42/h1-14,16-30,32-39H,15,31H2. The van der Waals surface area contributed by atoms with Crippen LogP contribution >= 0.6 is 0 Å². The van der Waals surface area contributed by atoms with Crippen molar-refractivity contribution in [2.75, 3.05) is 0 Å². The largest absolute Gasteiger partial charge is 0.312 e. The fraction of sp³-hybridized carbons (Fsp3) is 0.0323. The van der Waals surface area contributed by atoms with Crippen molar-refractivity contribution in [2.24, 2.45) is 0 Å². The van der Waals surface area contributed by atoms with Gasteiger partial charge in [0.15, 0.2) is 0 Å². The molecule has 0 saturated heterocycles. The van der Waals surface area contributed by atoms with Gasteiger partial charge in [-0.2, -0.15) is 0 Å². The summed E-state index contributed by atoms with van der Waals surface area (Å²) >= 11 is 0. The highest BCUT2D eigenvalue weighted by Crippen LogP contribution is 2.53. The van der Waals surface area contributed by atoms with E-state index in [4.69, 9.17) is 0 Å². The minimum Gasteiger partial charge on any atom is -0.312 e.